The maximum Gasteiger partial charge on any atom is 0.224 e. The fourth-order valence-corrected chi connectivity index (χ4v) is 2.16. The van der Waals surface area contributed by atoms with Gasteiger partial charge in [0.15, 0.2) is 0 Å². The number of hydrogen-bond acceptors (Lipinski definition) is 4. The van der Waals surface area contributed by atoms with E-state index in [2.05, 4.69) is 15.3 Å². The highest BCUT2D eigenvalue weighted by Gasteiger charge is 2.47. The first-order valence-electron chi connectivity index (χ1n) is 5.35. The quantitative estimate of drug-likeness (QED) is 0.778. The number of aromatic nitrogens is 2. The zero-order valence-corrected chi connectivity index (χ0v) is 10.4. The van der Waals surface area contributed by atoms with Crippen LogP contribution in [0, 0.1) is 12.3 Å². The third kappa shape index (κ3) is 1.99. The van der Waals surface area contributed by atoms with E-state index in [4.69, 9.17) is 11.6 Å². The van der Waals surface area contributed by atoms with Crippen LogP contribution in [0.25, 0.3) is 0 Å². The Kier molecular flexibility index (Phi) is 2.80. The molecule has 2 N–H and O–H groups in total. The normalized spacial score (nSPS) is 27.3. The predicted molar refractivity (Wildman–Crippen MR) is 63.6 cm³/mol. The molecule has 2 rings (SSSR count). The lowest BCUT2D eigenvalue weighted by Crippen LogP contribution is -2.57. The number of nitrogens with one attached hydrogen (secondary N) is 1. The summed E-state index contributed by atoms with van der Waals surface area (Å²) < 4.78 is 0. The van der Waals surface area contributed by atoms with Crippen LogP contribution in [0.4, 0.5) is 5.82 Å². The summed E-state index contributed by atoms with van der Waals surface area (Å²) in [6, 6.07) is 2.08. The minimum atomic E-state index is -0.247. The molecule has 88 valence electrons. The molecule has 0 aliphatic heterocycles. The van der Waals surface area contributed by atoms with Gasteiger partial charge in [0.05, 0.1) is 6.10 Å². The Morgan fingerprint density at radius 3 is 2.69 bits per heavy atom. The van der Waals surface area contributed by atoms with Gasteiger partial charge < -0.3 is 10.4 Å². The summed E-state index contributed by atoms with van der Waals surface area (Å²) in [6.07, 6.45) is 0.497. The van der Waals surface area contributed by atoms with Crippen LogP contribution >= 0.6 is 11.6 Å². The van der Waals surface area contributed by atoms with E-state index in [0.29, 0.717) is 0 Å². The van der Waals surface area contributed by atoms with Gasteiger partial charge in [0.2, 0.25) is 5.28 Å². The monoisotopic (exact) mass is 241 g/mol. The van der Waals surface area contributed by atoms with E-state index in [-0.39, 0.29) is 22.8 Å². The van der Waals surface area contributed by atoms with Gasteiger partial charge in [-0.25, -0.2) is 9.97 Å². The summed E-state index contributed by atoms with van der Waals surface area (Å²) in [7, 11) is 0. The number of hydrogen-bond donors (Lipinski definition) is 2. The summed E-state index contributed by atoms with van der Waals surface area (Å²) in [6.45, 7) is 5.95. The highest BCUT2D eigenvalue weighted by Crippen LogP contribution is 2.42. The van der Waals surface area contributed by atoms with Gasteiger partial charge in [-0.1, -0.05) is 13.8 Å². The summed E-state index contributed by atoms with van der Waals surface area (Å²) >= 11 is 5.78. The van der Waals surface area contributed by atoms with Crippen LogP contribution in [-0.4, -0.2) is 27.2 Å². The van der Waals surface area contributed by atoms with E-state index in [9.17, 15) is 5.11 Å². The fraction of sp³-hybridized carbons (Fsp3) is 0.636. The molecule has 1 aromatic rings. The van der Waals surface area contributed by atoms with Crippen LogP contribution < -0.4 is 5.32 Å². The molecule has 2 unspecified atom stereocenters. The van der Waals surface area contributed by atoms with Crippen molar-refractivity contribution in [2.75, 3.05) is 5.32 Å². The fourth-order valence-electron chi connectivity index (χ4n) is 1.93. The Bertz CT molecular complexity index is 388. The second-order valence-electron chi connectivity index (χ2n) is 4.93. The molecular formula is C11H16ClN3O. The Labute approximate surface area is 100 Å². The molecule has 0 aromatic carbocycles. The van der Waals surface area contributed by atoms with Crippen molar-refractivity contribution >= 4 is 17.4 Å². The summed E-state index contributed by atoms with van der Waals surface area (Å²) in [5.74, 6) is 0.725. The molecule has 4 nitrogen and oxygen atoms in total. The first-order valence-corrected chi connectivity index (χ1v) is 5.73. The van der Waals surface area contributed by atoms with Crippen molar-refractivity contribution < 1.29 is 5.11 Å². The van der Waals surface area contributed by atoms with Gasteiger partial charge in [-0.3, -0.25) is 0 Å². The Morgan fingerprint density at radius 1 is 1.50 bits per heavy atom. The molecule has 0 amide bonds. The second kappa shape index (κ2) is 3.86. The van der Waals surface area contributed by atoms with Crippen molar-refractivity contribution in [2.24, 2.45) is 5.41 Å². The molecule has 0 radical (unpaired) electrons. The smallest absolute Gasteiger partial charge is 0.224 e. The molecule has 1 fully saturated rings. The number of halogens is 1. The summed E-state index contributed by atoms with van der Waals surface area (Å²) in [5, 5.41) is 13.2. The van der Waals surface area contributed by atoms with Crippen LogP contribution in [0.3, 0.4) is 0 Å². The molecule has 1 saturated carbocycles. The van der Waals surface area contributed by atoms with Crippen molar-refractivity contribution in [3.8, 4) is 0 Å². The number of rotatable bonds is 2. The van der Waals surface area contributed by atoms with E-state index in [1.165, 1.54) is 0 Å². The minimum absolute atomic E-state index is 0.120. The zero-order valence-electron chi connectivity index (χ0n) is 9.66. The largest absolute Gasteiger partial charge is 0.392 e. The van der Waals surface area contributed by atoms with Crippen LogP contribution in [0.1, 0.15) is 26.0 Å². The number of aryl methyl sites for hydroxylation is 1. The number of anilines is 1. The van der Waals surface area contributed by atoms with Gasteiger partial charge in [-0.05, 0) is 24.9 Å². The van der Waals surface area contributed by atoms with Crippen molar-refractivity contribution in [1.82, 2.24) is 9.97 Å². The van der Waals surface area contributed by atoms with E-state index in [1.807, 2.05) is 26.8 Å². The Hall–Kier alpha value is -0.870. The molecule has 1 aromatic heterocycles. The third-order valence-corrected chi connectivity index (χ3v) is 3.53. The van der Waals surface area contributed by atoms with Gasteiger partial charge in [0.1, 0.15) is 5.82 Å². The number of aliphatic hydroxyl groups is 1. The lowest BCUT2D eigenvalue weighted by Gasteiger charge is -2.49. The molecule has 0 bridgehead atoms. The van der Waals surface area contributed by atoms with Gasteiger partial charge in [0, 0.05) is 23.2 Å². The Balaban J connectivity index is 2.11. The van der Waals surface area contributed by atoms with Crippen LogP contribution in [0.15, 0.2) is 6.07 Å². The number of aliphatic hydroxyl groups excluding tert-OH is 1. The second-order valence-corrected chi connectivity index (χ2v) is 5.27. The Morgan fingerprint density at radius 2 is 2.19 bits per heavy atom. The van der Waals surface area contributed by atoms with Gasteiger partial charge >= 0.3 is 0 Å². The molecule has 0 saturated heterocycles. The van der Waals surface area contributed by atoms with Gasteiger partial charge in [0.25, 0.3) is 0 Å². The lowest BCUT2D eigenvalue weighted by atomic mass is 9.64. The van der Waals surface area contributed by atoms with Crippen molar-refractivity contribution in [3.05, 3.63) is 17.0 Å². The van der Waals surface area contributed by atoms with E-state index in [0.717, 1.165) is 17.9 Å². The summed E-state index contributed by atoms with van der Waals surface area (Å²) in [5.41, 5.74) is 0.714. The first-order chi connectivity index (χ1) is 7.39. The molecule has 1 aliphatic rings. The highest BCUT2D eigenvalue weighted by molar-refractivity contribution is 6.28. The van der Waals surface area contributed by atoms with E-state index < -0.39 is 0 Å². The van der Waals surface area contributed by atoms with Crippen molar-refractivity contribution in [1.29, 1.82) is 0 Å². The maximum absolute atomic E-state index is 9.63. The minimum Gasteiger partial charge on any atom is -0.392 e. The maximum atomic E-state index is 9.63. The average Bonchev–Trinajstić information content (AvgIpc) is 2.15. The van der Waals surface area contributed by atoms with Gasteiger partial charge in [-0.2, -0.15) is 0 Å². The van der Waals surface area contributed by atoms with Crippen LogP contribution in [0.5, 0.6) is 0 Å². The average molecular weight is 242 g/mol. The third-order valence-electron chi connectivity index (χ3n) is 3.36. The van der Waals surface area contributed by atoms with Crippen LogP contribution in [-0.2, 0) is 0 Å². The molecular weight excluding hydrogens is 226 g/mol. The topological polar surface area (TPSA) is 58.0 Å². The van der Waals surface area contributed by atoms with E-state index in [1.54, 1.807) is 0 Å². The lowest BCUT2D eigenvalue weighted by molar-refractivity contribution is -0.0511. The molecule has 2 atom stereocenters. The summed E-state index contributed by atoms with van der Waals surface area (Å²) in [4.78, 5) is 8.11. The molecule has 5 heteroatoms. The number of nitrogens with zero attached hydrogens (tertiary/aromatic N) is 2. The zero-order chi connectivity index (χ0) is 11.9. The first kappa shape index (κ1) is 11.6. The van der Waals surface area contributed by atoms with Crippen molar-refractivity contribution in [2.45, 2.75) is 39.3 Å². The molecule has 1 aliphatic carbocycles. The van der Waals surface area contributed by atoms with Crippen molar-refractivity contribution in [3.63, 3.8) is 0 Å². The molecule has 0 spiro atoms. The molecule has 16 heavy (non-hydrogen) atoms. The van der Waals surface area contributed by atoms with E-state index >= 15 is 0 Å². The predicted octanol–water partition coefficient (Wildman–Crippen LogP) is 2.01. The SMILES string of the molecule is Cc1cc(NC2CC(O)C2(C)C)nc(Cl)n1. The standard InChI is InChI=1S/C11H16ClN3O/c1-6-4-9(15-10(12)13-6)14-7-5-8(16)11(7,2)3/h4,7-8,16H,5H2,1-3H3,(H,13,14,15). The highest BCUT2D eigenvalue weighted by atomic mass is 35.5. The van der Waals surface area contributed by atoms with Gasteiger partial charge in [-0.15, -0.1) is 0 Å². The molecule has 1 heterocycles. The van der Waals surface area contributed by atoms with Crippen LogP contribution in [0.2, 0.25) is 5.28 Å².